The Balaban J connectivity index is 2.40. The second-order valence-electron chi connectivity index (χ2n) is 4.83. The largest absolute Gasteiger partial charge is 0.326 e. The number of nitrogens with two attached hydrogens (primary N) is 1. The molecule has 0 aromatic heterocycles. The van der Waals surface area contributed by atoms with Gasteiger partial charge in [-0.05, 0) is 42.5 Å². The van der Waals surface area contributed by atoms with E-state index in [-0.39, 0.29) is 17.5 Å². The highest BCUT2D eigenvalue weighted by atomic mass is 35.5. The monoisotopic (exact) mass is 288 g/mol. The lowest BCUT2D eigenvalue weighted by Crippen LogP contribution is -2.27. The van der Waals surface area contributed by atoms with Gasteiger partial charge >= 0.3 is 0 Å². The molecular formula is C12H17ClN2O2S. The van der Waals surface area contributed by atoms with Crippen molar-refractivity contribution in [3.8, 4) is 0 Å². The van der Waals surface area contributed by atoms with Gasteiger partial charge in [-0.1, -0.05) is 18.5 Å². The summed E-state index contributed by atoms with van der Waals surface area (Å²) in [5.41, 5.74) is 7.02. The van der Waals surface area contributed by atoms with Gasteiger partial charge in [0.1, 0.15) is 0 Å². The minimum atomic E-state index is -3.51. The molecule has 0 bridgehead atoms. The molecule has 2 atom stereocenters. The molecule has 100 valence electrons. The van der Waals surface area contributed by atoms with Crippen LogP contribution in [0.2, 0.25) is 5.02 Å². The molecule has 18 heavy (non-hydrogen) atoms. The van der Waals surface area contributed by atoms with E-state index in [9.17, 15) is 8.42 Å². The molecule has 2 rings (SSSR count). The Morgan fingerprint density at radius 1 is 1.50 bits per heavy atom. The Hall–Kier alpha value is -0.620. The first-order chi connectivity index (χ1) is 8.35. The highest BCUT2D eigenvalue weighted by Crippen LogP contribution is 2.32. The summed E-state index contributed by atoms with van der Waals surface area (Å²) in [5, 5.41) is 0.394. The lowest BCUT2D eigenvalue weighted by Gasteiger charge is -2.12. The third-order valence-electron chi connectivity index (χ3n) is 3.36. The molecule has 1 fully saturated rings. The number of sulfonamides is 1. The fourth-order valence-corrected chi connectivity index (χ4v) is 3.92. The van der Waals surface area contributed by atoms with Crippen LogP contribution in [0.3, 0.4) is 0 Å². The molecule has 6 heteroatoms. The molecule has 1 aliphatic carbocycles. The quantitative estimate of drug-likeness (QED) is 0.887. The average molecular weight is 289 g/mol. The lowest BCUT2D eigenvalue weighted by atomic mass is 10.1. The van der Waals surface area contributed by atoms with Crippen molar-refractivity contribution in [1.29, 1.82) is 0 Å². The fourth-order valence-electron chi connectivity index (χ4n) is 1.95. The van der Waals surface area contributed by atoms with Crippen LogP contribution in [0, 0.1) is 12.8 Å². The third-order valence-corrected chi connectivity index (χ3v) is 5.19. The van der Waals surface area contributed by atoms with E-state index >= 15 is 0 Å². The second kappa shape index (κ2) is 4.81. The summed E-state index contributed by atoms with van der Waals surface area (Å²) in [5.74, 6) is 0.410. The zero-order valence-electron chi connectivity index (χ0n) is 10.4. The summed E-state index contributed by atoms with van der Waals surface area (Å²) in [6, 6.07) is 3.23. The van der Waals surface area contributed by atoms with Gasteiger partial charge in [0, 0.05) is 17.6 Å². The Morgan fingerprint density at radius 3 is 2.61 bits per heavy atom. The van der Waals surface area contributed by atoms with E-state index in [2.05, 4.69) is 4.72 Å². The van der Waals surface area contributed by atoms with Gasteiger partial charge in [-0.25, -0.2) is 13.1 Å². The maximum Gasteiger partial charge on any atom is 0.241 e. The minimum absolute atomic E-state index is 0.0507. The molecule has 1 saturated carbocycles. The summed E-state index contributed by atoms with van der Waals surface area (Å²) in [6.45, 7) is 4.04. The number of hydrogen-bond donors (Lipinski definition) is 2. The Kier molecular flexibility index (Phi) is 3.69. The van der Waals surface area contributed by atoms with E-state index in [1.165, 1.54) is 6.07 Å². The maximum absolute atomic E-state index is 12.3. The minimum Gasteiger partial charge on any atom is -0.326 e. The second-order valence-corrected chi connectivity index (χ2v) is 6.95. The molecule has 1 aromatic carbocycles. The van der Waals surface area contributed by atoms with Crippen LogP contribution in [0.25, 0.3) is 0 Å². The van der Waals surface area contributed by atoms with Crippen molar-refractivity contribution in [2.24, 2.45) is 11.7 Å². The van der Waals surface area contributed by atoms with Crippen molar-refractivity contribution in [1.82, 2.24) is 4.72 Å². The summed E-state index contributed by atoms with van der Waals surface area (Å²) >= 11 is 5.94. The summed E-state index contributed by atoms with van der Waals surface area (Å²) in [6.07, 6.45) is 0.891. The molecule has 0 saturated heterocycles. The van der Waals surface area contributed by atoms with Gasteiger partial charge in [0.05, 0.1) is 4.90 Å². The Bertz CT molecular complexity index is 572. The molecule has 0 heterocycles. The summed E-state index contributed by atoms with van der Waals surface area (Å²) in [4.78, 5) is 0.231. The van der Waals surface area contributed by atoms with E-state index in [0.29, 0.717) is 16.5 Å². The molecule has 0 spiro atoms. The summed E-state index contributed by atoms with van der Waals surface area (Å²) in [7, 11) is -3.51. The van der Waals surface area contributed by atoms with Crippen LogP contribution in [-0.4, -0.2) is 14.5 Å². The van der Waals surface area contributed by atoms with Crippen LogP contribution < -0.4 is 10.5 Å². The van der Waals surface area contributed by atoms with Crippen LogP contribution in [0.15, 0.2) is 17.0 Å². The van der Waals surface area contributed by atoms with Crippen LogP contribution in [0.1, 0.15) is 24.5 Å². The van der Waals surface area contributed by atoms with Gasteiger partial charge in [-0.15, -0.1) is 0 Å². The number of rotatable bonds is 4. The first-order valence-corrected chi connectivity index (χ1v) is 7.72. The van der Waals surface area contributed by atoms with Crippen molar-refractivity contribution < 1.29 is 8.42 Å². The maximum atomic E-state index is 12.3. The first-order valence-electron chi connectivity index (χ1n) is 5.86. The number of halogens is 1. The highest BCUT2D eigenvalue weighted by molar-refractivity contribution is 7.89. The van der Waals surface area contributed by atoms with E-state index < -0.39 is 10.0 Å². The molecular weight excluding hydrogens is 272 g/mol. The number of hydrogen-bond acceptors (Lipinski definition) is 3. The van der Waals surface area contributed by atoms with Gasteiger partial charge in [-0.3, -0.25) is 0 Å². The topological polar surface area (TPSA) is 72.2 Å². The van der Waals surface area contributed by atoms with Gasteiger partial charge in [0.25, 0.3) is 0 Å². The molecule has 0 amide bonds. The van der Waals surface area contributed by atoms with Crippen LogP contribution in [-0.2, 0) is 16.6 Å². The first kappa shape index (κ1) is 13.8. The Morgan fingerprint density at radius 2 is 2.11 bits per heavy atom. The summed E-state index contributed by atoms with van der Waals surface area (Å²) < 4.78 is 27.2. The van der Waals surface area contributed by atoms with E-state index in [1.807, 2.05) is 6.92 Å². The molecule has 2 unspecified atom stereocenters. The van der Waals surface area contributed by atoms with Gasteiger partial charge < -0.3 is 5.73 Å². The SMILES string of the molecule is Cc1c(CN)cc(Cl)cc1S(=O)(=O)NC1CC1C. The zero-order valence-corrected chi connectivity index (χ0v) is 12.0. The standard InChI is InChI=1S/C12H17ClN2O2S/c1-7-3-11(7)15-18(16,17)12-5-10(13)4-9(6-14)8(12)2/h4-5,7,11,15H,3,6,14H2,1-2H3. The van der Waals surface area contributed by atoms with Crippen molar-refractivity contribution in [2.75, 3.05) is 0 Å². The smallest absolute Gasteiger partial charge is 0.241 e. The van der Waals surface area contributed by atoms with Crippen LogP contribution in [0.5, 0.6) is 0 Å². The molecule has 0 radical (unpaired) electrons. The zero-order chi connectivity index (χ0) is 13.5. The number of benzene rings is 1. The molecule has 1 aromatic rings. The predicted molar refractivity (Wildman–Crippen MR) is 72.0 cm³/mol. The fraction of sp³-hybridized carbons (Fsp3) is 0.500. The van der Waals surface area contributed by atoms with Crippen LogP contribution >= 0.6 is 11.6 Å². The van der Waals surface area contributed by atoms with Crippen LogP contribution in [0.4, 0.5) is 0 Å². The third kappa shape index (κ3) is 2.69. The van der Waals surface area contributed by atoms with E-state index in [1.54, 1.807) is 13.0 Å². The van der Waals surface area contributed by atoms with Crippen molar-refractivity contribution >= 4 is 21.6 Å². The normalized spacial score (nSPS) is 23.1. The van der Waals surface area contributed by atoms with Gasteiger partial charge in [0.2, 0.25) is 10.0 Å². The average Bonchev–Trinajstić information content (AvgIpc) is 2.95. The van der Waals surface area contributed by atoms with Crippen molar-refractivity contribution in [2.45, 2.75) is 37.8 Å². The molecule has 3 N–H and O–H groups in total. The molecule has 4 nitrogen and oxygen atoms in total. The van der Waals surface area contributed by atoms with Crippen molar-refractivity contribution in [3.05, 3.63) is 28.3 Å². The van der Waals surface area contributed by atoms with Gasteiger partial charge in [-0.2, -0.15) is 0 Å². The highest BCUT2D eigenvalue weighted by Gasteiger charge is 2.37. The lowest BCUT2D eigenvalue weighted by molar-refractivity contribution is 0.577. The molecule has 1 aliphatic rings. The predicted octanol–water partition coefficient (Wildman–Crippen LogP) is 1.79. The van der Waals surface area contributed by atoms with E-state index in [0.717, 1.165) is 12.0 Å². The molecule has 0 aliphatic heterocycles. The van der Waals surface area contributed by atoms with Gasteiger partial charge in [0.15, 0.2) is 0 Å². The van der Waals surface area contributed by atoms with E-state index in [4.69, 9.17) is 17.3 Å². The van der Waals surface area contributed by atoms with Crippen molar-refractivity contribution in [3.63, 3.8) is 0 Å². The number of nitrogens with one attached hydrogen (secondary N) is 1. The Labute approximate surface area is 113 Å².